The van der Waals surface area contributed by atoms with Crippen molar-refractivity contribution in [3.8, 4) is 0 Å². The third kappa shape index (κ3) is 4.22. The molecule has 7 nitrogen and oxygen atoms in total. The average molecular weight is 443 g/mol. The van der Waals surface area contributed by atoms with Gasteiger partial charge in [0, 0.05) is 43.8 Å². The lowest BCUT2D eigenvalue weighted by Gasteiger charge is -2.13. The molecule has 0 aliphatic heterocycles. The van der Waals surface area contributed by atoms with E-state index in [1.54, 1.807) is 33.2 Å². The van der Waals surface area contributed by atoms with Crippen LogP contribution in [0.25, 0.3) is 0 Å². The maximum Gasteiger partial charge on any atom is 0.268 e. The van der Waals surface area contributed by atoms with Gasteiger partial charge in [-0.3, -0.25) is 4.79 Å². The van der Waals surface area contributed by atoms with Crippen LogP contribution >= 0.6 is 0 Å². The molecular weight excluding hydrogens is 419 g/mol. The number of para-hydroxylation sites is 1. The van der Waals surface area contributed by atoms with Gasteiger partial charge in [-0.1, -0.05) is 18.2 Å². The van der Waals surface area contributed by atoms with Crippen LogP contribution in [0.1, 0.15) is 27.3 Å². The van der Waals surface area contributed by atoms with E-state index < -0.39 is 21.6 Å². The summed E-state index contributed by atoms with van der Waals surface area (Å²) in [4.78, 5) is 12.8. The minimum absolute atomic E-state index is 0.00604. The number of nitrogens with one attached hydrogen (secondary N) is 3. The zero-order valence-corrected chi connectivity index (χ0v) is 18.2. The summed E-state index contributed by atoms with van der Waals surface area (Å²) in [6.45, 7) is 1.81. The number of rotatable bonds is 7. The van der Waals surface area contributed by atoms with Crippen LogP contribution in [0.5, 0.6) is 0 Å². The van der Waals surface area contributed by atoms with E-state index in [0.717, 1.165) is 23.4 Å². The lowest BCUT2D eigenvalue weighted by Crippen LogP contribution is -2.25. The van der Waals surface area contributed by atoms with E-state index in [9.17, 15) is 17.6 Å². The third-order valence-corrected chi connectivity index (χ3v) is 7.05. The molecule has 1 amide bonds. The predicted molar refractivity (Wildman–Crippen MR) is 117 cm³/mol. The minimum atomic E-state index is -3.91. The highest BCUT2D eigenvalue weighted by Crippen LogP contribution is 2.27. The predicted octanol–water partition coefficient (Wildman–Crippen LogP) is 3.27. The molecule has 9 heteroatoms. The topological polar surface area (TPSA) is 104 Å². The van der Waals surface area contributed by atoms with Crippen molar-refractivity contribution in [3.63, 3.8) is 0 Å². The number of sulfone groups is 1. The van der Waals surface area contributed by atoms with Crippen molar-refractivity contribution < 1.29 is 17.6 Å². The molecule has 3 N–H and O–H groups in total. The Balaban J connectivity index is 1.89. The molecule has 0 spiro atoms. The molecule has 0 unspecified atom stereocenters. The molecule has 1 heterocycles. The van der Waals surface area contributed by atoms with E-state index in [1.807, 2.05) is 6.07 Å². The van der Waals surface area contributed by atoms with Gasteiger partial charge in [-0.2, -0.15) is 0 Å². The molecule has 0 radical (unpaired) electrons. The Morgan fingerprint density at radius 1 is 1.19 bits per heavy atom. The van der Waals surface area contributed by atoms with E-state index >= 15 is 0 Å². The van der Waals surface area contributed by atoms with E-state index in [2.05, 4.69) is 10.6 Å². The standard InChI is InChI=1S/C22H23FN4O3S/c1-14-20(31(29,30)18-9-7-17(23)8-10-18)11-19(27(14)3)22(28)26-13-16-6-4-5-15(12-24)21(16)25-2/h4-12,24-25H,13H2,1-3H3,(H,26,28). The smallest absolute Gasteiger partial charge is 0.268 e. The quantitative estimate of drug-likeness (QED) is 0.386. The molecule has 0 aliphatic rings. The summed E-state index contributed by atoms with van der Waals surface area (Å²) in [6, 6.07) is 11.3. The van der Waals surface area contributed by atoms with Crippen LogP contribution in [-0.2, 0) is 23.4 Å². The van der Waals surface area contributed by atoms with Crippen molar-refractivity contribution >= 4 is 27.6 Å². The van der Waals surface area contributed by atoms with Crippen molar-refractivity contribution in [2.45, 2.75) is 23.3 Å². The molecule has 3 aromatic rings. The molecule has 3 rings (SSSR count). The zero-order valence-electron chi connectivity index (χ0n) is 17.4. The molecule has 0 saturated heterocycles. The first-order chi connectivity index (χ1) is 14.7. The number of amides is 1. The fourth-order valence-corrected chi connectivity index (χ4v) is 4.90. The number of halogens is 1. The highest BCUT2D eigenvalue weighted by molar-refractivity contribution is 7.91. The Labute approximate surface area is 180 Å². The Kier molecular flexibility index (Phi) is 6.26. The highest BCUT2D eigenvalue weighted by atomic mass is 32.2. The molecule has 0 aliphatic carbocycles. The molecule has 1 aromatic heterocycles. The molecule has 0 saturated carbocycles. The minimum Gasteiger partial charge on any atom is -0.387 e. The number of nitrogens with zero attached hydrogens (tertiary/aromatic N) is 1. The van der Waals surface area contributed by atoms with Crippen LogP contribution in [0.2, 0.25) is 0 Å². The van der Waals surface area contributed by atoms with Crippen LogP contribution < -0.4 is 10.6 Å². The molecule has 0 fully saturated rings. The summed E-state index contributed by atoms with van der Waals surface area (Å²) in [6.07, 6.45) is 1.23. The van der Waals surface area contributed by atoms with E-state index in [4.69, 9.17) is 5.41 Å². The normalized spacial score (nSPS) is 11.2. The third-order valence-electron chi connectivity index (χ3n) is 5.16. The van der Waals surface area contributed by atoms with Gasteiger partial charge >= 0.3 is 0 Å². The lowest BCUT2D eigenvalue weighted by atomic mass is 10.1. The van der Waals surface area contributed by atoms with Crippen LogP contribution in [0, 0.1) is 18.2 Å². The Hall–Kier alpha value is -3.46. The molecule has 2 aromatic carbocycles. The molecular formula is C22H23FN4O3S. The number of carbonyl (C=O) groups is 1. The van der Waals surface area contributed by atoms with E-state index in [0.29, 0.717) is 11.3 Å². The number of hydrogen-bond donors (Lipinski definition) is 3. The summed E-state index contributed by atoms with van der Waals surface area (Å²) in [5.41, 5.74) is 2.81. The number of benzene rings is 2. The van der Waals surface area contributed by atoms with Gasteiger partial charge in [-0.05, 0) is 42.8 Å². The highest BCUT2D eigenvalue weighted by Gasteiger charge is 2.26. The Bertz CT molecular complexity index is 1250. The van der Waals surface area contributed by atoms with Crippen molar-refractivity contribution in [1.82, 2.24) is 9.88 Å². The van der Waals surface area contributed by atoms with Crippen LogP contribution in [0.4, 0.5) is 10.1 Å². The van der Waals surface area contributed by atoms with Crippen LogP contribution in [0.15, 0.2) is 58.3 Å². The van der Waals surface area contributed by atoms with Crippen molar-refractivity contribution in [3.05, 3.63) is 76.9 Å². The largest absolute Gasteiger partial charge is 0.387 e. The maximum atomic E-state index is 13.2. The second kappa shape index (κ2) is 8.73. The van der Waals surface area contributed by atoms with Gasteiger partial charge in [0.15, 0.2) is 0 Å². The summed E-state index contributed by atoms with van der Waals surface area (Å²) in [5.74, 6) is -0.967. The average Bonchev–Trinajstić information content (AvgIpc) is 3.07. The van der Waals surface area contributed by atoms with Gasteiger partial charge in [0.1, 0.15) is 11.5 Å². The van der Waals surface area contributed by atoms with E-state index in [-0.39, 0.29) is 22.0 Å². The van der Waals surface area contributed by atoms with E-state index in [1.165, 1.54) is 29.0 Å². The first kappa shape index (κ1) is 22.2. The maximum absolute atomic E-state index is 13.2. The van der Waals surface area contributed by atoms with Crippen molar-refractivity contribution in [2.24, 2.45) is 7.05 Å². The van der Waals surface area contributed by atoms with Gasteiger partial charge < -0.3 is 20.6 Å². The summed E-state index contributed by atoms with van der Waals surface area (Å²) in [7, 11) is -0.560. The van der Waals surface area contributed by atoms with Crippen molar-refractivity contribution in [2.75, 3.05) is 12.4 Å². The Morgan fingerprint density at radius 3 is 2.48 bits per heavy atom. The van der Waals surface area contributed by atoms with Gasteiger partial charge in [-0.25, -0.2) is 12.8 Å². The molecule has 0 bridgehead atoms. The number of aromatic nitrogens is 1. The molecule has 0 atom stereocenters. The van der Waals surface area contributed by atoms with Crippen molar-refractivity contribution in [1.29, 1.82) is 5.41 Å². The summed E-state index contributed by atoms with van der Waals surface area (Å²) in [5, 5.41) is 13.3. The first-order valence-electron chi connectivity index (χ1n) is 9.46. The fourth-order valence-electron chi connectivity index (χ4n) is 3.36. The van der Waals surface area contributed by atoms with Gasteiger partial charge in [-0.15, -0.1) is 0 Å². The zero-order chi connectivity index (χ0) is 22.8. The summed E-state index contributed by atoms with van der Waals surface area (Å²) >= 11 is 0. The molecule has 31 heavy (non-hydrogen) atoms. The number of carbonyl (C=O) groups excluding carboxylic acids is 1. The fraction of sp³-hybridized carbons (Fsp3) is 0.182. The van der Waals surface area contributed by atoms with Gasteiger partial charge in [0.25, 0.3) is 5.91 Å². The van der Waals surface area contributed by atoms with Crippen LogP contribution in [0.3, 0.4) is 0 Å². The van der Waals surface area contributed by atoms with Crippen LogP contribution in [-0.4, -0.2) is 32.2 Å². The Morgan fingerprint density at radius 2 is 1.87 bits per heavy atom. The SMILES string of the molecule is CNc1c(C=N)cccc1CNC(=O)c1cc(S(=O)(=O)c2ccc(F)cc2)c(C)n1C. The number of hydrogen-bond acceptors (Lipinski definition) is 5. The molecule has 162 valence electrons. The summed E-state index contributed by atoms with van der Waals surface area (Å²) < 4.78 is 40.7. The van der Waals surface area contributed by atoms with Gasteiger partial charge in [0.2, 0.25) is 9.84 Å². The van der Waals surface area contributed by atoms with Gasteiger partial charge in [0.05, 0.1) is 9.79 Å². The number of anilines is 1. The second-order valence-electron chi connectivity index (χ2n) is 6.95. The second-order valence-corrected chi connectivity index (χ2v) is 8.87. The monoisotopic (exact) mass is 442 g/mol. The lowest BCUT2D eigenvalue weighted by molar-refractivity contribution is 0.0942. The first-order valence-corrected chi connectivity index (χ1v) is 10.9.